The topological polar surface area (TPSA) is 29.1 Å². The van der Waals surface area contributed by atoms with Gasteiger partial charge in [-0.3, -0.25) is 4.79 Å². The van der Waals surface area contributed by atoms with Crippen molar-refractivity contribution < 1.29 is 4.79 Å². The summed E-state index contributed by atoms with van der Waals surface area (Å²) in [7, 11) is 0. The zero-order valence-corrected chi connectivity index (χ0v) is 8.99. The molecule has 0 bridgehead atoms. The molecular formula is C10H18ClNO. The molecule has 0 heterocycles. The second kappa shape index (κ2) is 4.85. The molecule has 1 aliphatic rings. The maximum Gasteiger partial charge on any atom is 0.220 e. The Kier molecular flexibility index (Phi) is 4.04. The van der Waals surface area contributed by atoms with Gasteiger partial charge in [0.15, 0.2) is 0 Å². The molecule has 3 heteroatoms. The molecule has 0 unspecified atom stereocenters. The SMILES string of the molecule is CC1(NC(=O)CCCCl)CCCC1. The van der Waals surface area contributed by atoms with Gasteiger partial charge in [0.05, 0.1) is 0 Å². The molecule has 1 amide bonds. The minimum absolute atomic E-state index is 0.0728. The van der Waals surface area contributed by atoms with E-state index >= 15 is 0 Å². The van der Waals surface area contributed by atoms with E-state index in [-0.39, 0.29) is 11.4 Å². The fraction of sp³-hybridized carbons (Fsp3) is 0.900. The molecule has 13 heavy (non-hydrogen) atoms. The molecule has 0 spiro atoms. The number of nitrogens with one attached hydrogen (secondary N) is 1. The van der Waals surface area contributed by atoms with Crippen LogP contribution in [-0.4, -0.2) is 17.3 Å². The van der Waals surface area contributed by atoms with Crippen LogP contribution in [0.3, 0.4) is 0 Å². The van der Waals surface area contributed by atoms with Crippen LogP contribution in [0.25, 0.3) is 0 Å². The van der Waals surface area contributed by atoms with Crippen molar-refractivity contribution in [3.05, 3.63) is 0 Å². The Labute approximate surface area is 85.0 Å². The lowest BCUT2D eigenvalue weighted by atomic mass is 10.0. The van der Waals surface area contributed by atoms with Crippen molar-refractivity contribution in [1.82, 2.24) is 5.32 Å². The highest BCUT2D eigenvalue weighted by molar-refractivity contribution is 6.17. The van der Waals surface area contributed by atoms with Gasteiger partial charge in [-0.25, -0.2) is 0 Å². The number of halogens is 1. The Balaban J connectivity index is 2.26. The molecule has 0 atom stereocenters. The summed E-state index contributed by atoms with van der Waals surface area (Å²) in [6, 6.07) is 0. The Morgan fingerprint density at radius 2 is 2.08 bits per heavy atom. The zero-order valence-electron chi connectivity index (χ0n) is 8.24. The molecule has 1 fully saturated rings. The summed E-state index contributed by atoms with van der Waals surface area (Å²) in [5.41, 5.74) is 0.0728. The van der Waals surface area contributed by atoms with Gasteiger partial charge < -0.3 is 5.32 Å². The highest BCUT2D eigenvalue weighted by atomic mass is 35.5. The van der Waals surface area contributed by atoms with E-state index in [0.717, 1.165) is 19.3 Å². The highest BCUT2D eigenvalue weighted by Crippen LogP contribution is 2.28. The van der Waals surface area contributed by atoms with Crippen LogP contribution in [0.2, 0.25) is 0 Å². The van der Waals surface area contributed by atoms with E-state index in [1.165, 1.54) is 12.8 Å². The third-order valence-electron chi connectivity index (χ3n) is 2.69. The van der Waals surface area contributed by atoms with Gasteiger partial charge in [0.2, 0.25) is 5.91 Å². The fourth-order valence-electron chi connectivity index (χ4n) is 1.91. The zero-order chi connectivity index (χ0) is 9.73. The van der Waals surface area contributed by atoms with Crippen molar-refractivity contribution in [2.24, 2.45) is 0 Å². The van der Waals surface area contributed by atoms with E-state index in [9.17, 15) is 4.79 Å². The first-order valence-electron chi connectivity index (χ1n) is 5.03. The molecule has 0 radical (unpaired) electrons. The highest BCUT2D eigenvalue weighted by Gasteiger charge is 2.29. The fourth-order valence-corrected chi connectivity index (χ4v) is 2.04. The van der Waals surface area contributed by atoms with Crippen LogP contribution in [0.5, 0.6) is 0 Å². The lowest BCUT2D eigenvalue weighted by Crippen LogP contribution is -2.43. The monoisotopic (exact) mass is 203 g/mol. The molecule has 2 nitrogen and oxygen atoms in total. The normalized spacial score (nSPS) is 20.2. The average molecular weight is 204 g/mol. The molecule has 1 aliphatic carbocycles. The van der Waals surface area contributed by atoms with Crippen molar-refractivity contribution >= 4 is 17.5 Å². The number of carbonyl (C=O) groups excluding carboxylic acids is 1. The van der Waals surface area contributed by atoms with Gasteiger partial charge in [-0.05, 0) is 26.2 Å². The van der Waals surface area contributed by atoms with Crippen LogP contribution in [0.1, 0.15) is 45.4 Å². The Bertz CT molecular complexity index is 176. The summed E-state index contributed by atoms with van der Waals surface area (Å²) in [5.74, 6) is 0.731. The molecule has 0 aromatic carbocycles. The van der Waals surface area contributed by atoms with Crippen molar-refractivity contribution in [3.63, 3.8) is 0 Å². The second-order valence-corrected chi connectivity index (χ2v) is 4.49. The Hall–Kier alpha value is -0.240. The minimum Gasteiger partial charge on any atom is -0.351 e. The summed E-state index contributed by atoms with van der Waals surface area (Å²) >= 11 is 5.52. The summed E-state index contributed by atoms with van der Waals surface area (Å²) in [5, 5.41) is 3.09. The predicted octanol–water partition coefficient (Wildman–Crippen LogP) is 2.45. The molecule has 1 N–H and O–H groups in total. The quantitative estimate of drug-likeness (QED) is 0.699. The number of rotatable bonds is 4. The molecule has 1 rings (SSSR count). The minimum atomic E-state index is 0.0728. The van der Waals surface area contributed by atoms with Crippen LogP contribution in [-0.2, 0) is 4.79 Å². The molecule has 76 valence electrons. The first kappa shape index (κ1) is 10.8. The van der Waals surface area contributed by atoms with Crippen molar-refractivity contribution in [2.75, 3.05) is 5.88 Å². The van der Waals surface area contributed by atoms with Gasteiger partial charge in [0.25, 0.3) is 0 Å². The Morgan fingerprint density at radius 3 is 2.62 bits per heavy atom. The van der Waals surface area contributed by atoms with Crippen molar-refractivity contribution in [2.45, 2.75) is 51.0 Å². The van der Waals surface area contributed by atoms with Gasteiger partial charge >= 0.3 is 0 Å². The van der Waals surface area contributed by atoms with Crippen LogP contribution in [0.15, 0.2) is 0 Å². The maximum absolute atomic E-state index is 11.4. The van der Waals surface area contributed by atoms with Gasteiger partial charge in [-0.15, -0.1) is 11.6 Å². The lowest BCUT2D eigenvalue weighted by Gasteiger charge is -2.25. The van der Waals surface area contributed by atoms with E-state index in [1.54, 1.807) is 0 Å². The van der Waals surface area contributed by atoms with E-state index in [2.05, 4.69) is 12.2 Å². The first-order valence-corrected chi connectivity index (χ1v) is 5.57. The number of hydrogen-bond acceptors (Lipinski definition) is 1. The van der Waals surface area contributed by atoms with Crippen LogP contribution in [0.4, 0.5) is 0 Å². The molecule has 0 aromatic heterocycles. The summed E-state index contributed by atoms with van der Waals surface area (Å²) in [6.45, 7) is 2.14. The maximum atomic E-state index is 11.4. The standard InChI is InChI=1S/C10H18ClNO/c1-10(6-2-3-7-10)12-9(13)5-4-8-11/h2-8H2,1H3,(H,12,13). The van der Waals surface area contributed by atoms with E-state index in [0.29, 0.717) is 12.3 Å². The summed E-state index contributed by atoms with van der Waals surface area (Å²) in [6.07, 6.45) is 6.08. The first-order chi connectivity index (χ1) is 6.16. The average Bonchev–Trinajstić information content (AvgIpc) is 2.48. The molecule has 0 saturated heterocycles. The van der Waals surface area contributed by atoms with E-state index in [4.69, 9.17) is 11.6 Å². The summed E-state index contributed by atoms with van der Waals surface area (Å²) < 4.78 is 0. The largest absolute Gasteiger partial charge is 0.351 e. The molecular weight excluding hydrogens is 186 g/mol. The number of amides is 1. The lowest BCUT2D eigenvalue weighted by molar-refractivity contribution is -0.122. The number of carbonyl (C=O) groups is 1. The van der Waals surface area contributed by atoms with Gasteiger partial charge in [-0.2, -0.15) is 0 Å². The molecule has 0 aromatic rings. The third-order valence-corrected chi connectivity index (χ3v) is 2.95. The van der Waals surface area contributed by atoms with Crippen LogP contribution < -0.4 is 5.32 Å². The van der Waals surface area contributed by atoms with Gasteiger partial charge in [-0.1, -0.05) is 12.8 Å². The number of hydrogen-bond donors (Lipinski definition) is 1. The van der Waals surface area contributed by atoms with E-state index in [1.807, 2.05) is 0 Å². The predicted molar refractivity (Wildman–Crippen MR) is 55.0 cm³/mol. The van der Waals surface area contributed by atoms with E-state index < -0.39 is 0 Å². The molecule has 0 aliphatic heterocycles. The van der Waals surface area contributed by atoms with Crippen LogP contribution in [0, 0.1) is 0 Å². The van der Waals surface area contributed by atoms with Gasteiger partial charge in [0, 0.05) is 17.8 Å². The smallest absolute Gasteiger partial charge is 0.220 e. The third kappa shape index (κ3) is 3.55. The summed E-state index contributed by atoms with van der Waals surface area (Å²) in [4.78, 5) is 11.4. The van der Waals surface area contributed by atoms with Gasteiger partial charge in [0.1, 0.15) is 0 Å². The molecule has 1 saturated carbocycles. The van der Waals surface area contributed by atoms with Crippen LogP contribution >= 0.6 is 11.6 Å². The second-order valence-electron chi connectivity index (χ2n) is 4.11. The van der Waals surface area contributed by atoms with Crippen molar-refractivity contribution in [3.8, 4) is 0 Å². The van der Waals surface area contributed by atoms with Crippen molar-refractivity contribution in [1.29, 1.82) is 0 Å². The Morgan fingerprint density at radius 1 is 1.46 bits per heavy atom. The number of alkyl halides is 1.